The summed E-state index contributed by atoms with van der Waals surface area (Å²) in [5, 5.41) is 17.6. The average Bonchev–Trinajstić information content (AvgIpc) is 3.62. The van der Waals surface area contributed by atoms with Crippen molar-refractivity contribution in [1.29, 1.82) is 0 Å². The Morgan fingerprint density at radius 3 is 2.81 bits per heavy atom. The van der Waals surface area contributed by atoms with Crippen molar-refractivity contribution in [3.8, 4) is 28.4 Å². The molecule has 5 rings (SSSR count). The summed E-state index contributed by atoms with van der Waals surface area (Å²) in [5.74, 6) is 0.413. The molecule has 3 heterocycles. The monoisotopic (exact) mass is 488 g/mol. The van der Waals surface area contributed by atoms with Crippen LogP contribution < -0.4 is 0 Å². The number of H-pyrrole nitrogens is 2. The van der Waals surface area contributed by atoms with Gasteiger partial charge in [-0.25, -0.2) is 9.37 Å². The summed E-state index contributed by atoms with van der Waals surface area (Å²) in [7, 11) is 3.91. The predicted octanol–water partition coefficient (Wildman–Crippen LogP) is 4.20. The Morgan fingerprint density at radius 1 is 1.22 bits per heavy atom. The standard InChI is InChI=1S/C27H29FN6O2/c1-4-16-13-18(35)5-6-19(16)20-7-8-21-25(24(20)28)31-32-26(21)27-29-14-22(30-27)17-9-12-34(15-17)23(36)10-11-33(2)3/h5-9,13-14,35H,4,10-12,15H2,1-3H3,(H,29,30)(H,31,32). The van der Waals surface area contributed by atoms with Gasteiger partial charge in [0.2, 0.25) is 5.91 Å². The lowest BCUT2D eigenvalue weighted by Crippen LogP contribution is -2.31. The van der Waals surface area contributed by atoms with Crippen molar-refractivity contribution in [3.05, 3.63) is 59.7 Å². The number of aromatic nitrogens is 4. The van der Waals surface area contributed by atoms with E-state index in [1.54, 1.807) is 30.5 Å². The highest BCUT2D eigenvalue weighted by Crippen LogP contribution is 2.35. The number of nitrogens with one attached hydrogen (secondary N) is 2. The van der Waals surface area contributed by atoms with E-state index in [1.165, 1.54) is 0 Å². The van der Waals surface area contributed by atoms with Crippen LogP contribution in [0.2, 0.25) is 0 Å². The highest BCUT2D eigenvalue weighted by atomic mass is 19.1. The molecule has 0 saturated heterocycles. The second-order valence-corrected chi connectivity index (χ2v) is 9.32. The molecule has 1 aliphatic rings. The largest absolute Gasteiger partial charge is 0.508 e. The number of benzene rings is 2. The SMILES string of the molecule is CCc1cc(O)ccc1-c1ccc2c(-c3ncc(C4=CCN(C(=O)CCN(C)C)C4)[nH]3)[nH]nc2c1F. The minimum Gasteiger partial charge on any atom is -0.508 e. The van der Waals surface area contributed by atoms with Crippen LogP contribution >= 0.6 is 0 Å². The molecule has 0 unspecified atom stereocenters. The van der Waals surface area contributed by atoms with Gasteiger partial charge in [-0.1, -0.05) is 25.1 Å². The third-order valence-electron chi connectivity index (χ3n) is 6.63. The number of rotatable bonds is 7. The average molecular weight is 489 g/mol. The van der Waals surface area contributed by atoms with Crippen molar-refractivity contribution < 1.29 is 14.3 Å². The summed E-state index contributed by atoms with van der Waals surface area (Å²) in [6, 6.07) is 8.53. The molecule has 36 heavy (non-hydrogen) atoms. The van der Waals surface area contributed by atoms with Gasteiger partial charge in [0.05, 0.1) is 11.9 Å². The Hall–Kier alpha value is -3.98. The lowest BCUT2D eigenvalue weighted by Gasteiger charge is -2.17. The fraction of sp³-hybridized carbons (Fsp3) is 0.296. The van der Waals surface area contributed by atoms with Crippen LogP contribution in [0.4, 0.5) is 4.39 Å². The van der Waals surface area contributed by atoms with Gasteiger partial charge in [0.25, 0.3) is 0 Å². The van der Waals surface area contributed by atoms with Crippen LogP contribution in [-0.4, -0.2) is 74.7 Å². The van der Waals surface area contributed by atoms with Gasteiger partial charge in [-0.05, 0) is 55.4 Å². The summed E-state index contributed by atoms with van der Waals surface area (Å²) in [6.45, 7) is 3.79. The molecule has 9 heteroatoms. The van der Waals surface area contributed by atoms with Gasteiger partial charge in [0.15, 0.2) is 11.6 Å². The van der Waals surface area contributed by atoms with E-state index in [4.69, 9.17) is 0 Å². The van der Waals surface area contributed by atoms with Crippen molar-refractivity contribution in [2.75, 3.05) is 33.7 Å². The number of aromatic amines is 2. The number of aromatic hydroxyl groups is 1. The van der Waals surface area contributed by atoms with Crippen molar-refractivity contribution in [3.63, 3.8) is 0 Å². The number of carbonyl (C=O) groups is 1. The number of imidazole rings is 1. The van der Waals surface area contributed by atoms with E-state index in [0.29, 0.717) is 48.4 Å². The molecule has 1 amide bonds. The molecule has 0 spiro atoms. The van der Waals surface area contributed by atoms with Crippen LogP contribution in [0, 0.1) is 5.82 Å². The van der Waals surface area contributed by atoms with Gasteiger partial charge in [-0.2, -0.15) is 5.10 Å². The normalized spacial score (nSPS) is 13.7. The highest BCUT2D eigenvalue weighted by Gasteiger charge is 2.23. The Morgan fingerprint density at radius 2 is 2.03 bits per heavy atom. The molecule has 0 radical (unpaired) electrons. The van der Waals surface area contributed by atoms with Crippen molar-refractivity contribution in [2.45, 2.75) is 19.8 Å². The molecule has 0 saturated carbocycles. The van der Waals surface area contributed by atoms with Crippen LogP contribution in [0.3, 0.4) is 0 Å². The summed E-state index contributed by atoms with van der Waals surface area (Å²) < 4.78 is 15.6. The molecule has 8 nitrogen and oxygen atoms in total. The van der Waals surface area contributed by atoms with Gasteiger partial charge >= 0.3 is 0 Å². The van der Waals surface area contributed by atoms with Crippen molar-refractivity contribution >= 4 is 22.4 Å². The Balaban J connectivity index is 1.39. The first-order valence-electron chi connectivity index (χ1n) is 12.0. The minimum absolute atomic E-state index is 0.125. The van der Waals surface area contributed by atoms with Gasteiger partial charge in [0.1, 0.15) is 17.0 Å². The smallest absolute Gasteiger partial charge is 0.224 e. The fourth-order valence-corrected chi connectivity index (χ4v) is 4.60. The highest BCUT2D eigenvalue weighted by molar-refractivity contribution is 5.95. The Labute approximate surface area is 208 Å². The molecule has 0 atom stereocenters. The number of hydrogen-bond donors (Lipinski definition) is 3. The summed E-state index contributed by atoms with van der Waals surface area (Å²) in [4.78, 5) is 24.1. The first-order valence-corrected chi connectivity index (χ1v) is 12.0. The van der Waals surface area contributed by atoms with E-state index in [2.05, 4.69) is 20.2 Å². The van der Waals surface area contributed by atoms with Crippen molar-refractivity contribution in [1.82, 2.24) is 30.0 Å². The van der Waals surface area contributed by atoms with Crippen LogP contribution in [-0.2, 0) is 11.2 Å². The topological polar surface area (TPSA) is 101 Å². The first kappa shape index (κ1) is 23.7. The van der Waals surface area contributed by atoms with Crippen molar-refractivity contribution in [2.24, 2.45) is 0 Å². The van der Waals surface area contributed by atoms with Gasteiger partial charge < -0.3 is 19.9 Å². The number of phenols is 1. The van der Waals surface area contributed by atoms with E-state index in [-0.39, 0.29) is 17.2 Å². The number of phenolic OH excluding ortho intramolecular Hbond substituents is 1. The first-order chi connectivity index (χ1) is 17.4. The molecule has 2 aromatic carbocycles. The number of halogens is 1. The number of hydrogen-bond acceptors (Lipinski definition) is 5. The lowest BCUT2D eigenvalue weighted by atomic mass is 9.96. The molecular weight excluding hydrogens is 459 g/mol. The number of aryl methyl sites for hydroxylation is 1. The van der Waals surface area contributed by atoms with Crippen LogP contribution in [0.25, 0.3) is 39.1 Å². The zero-order chi connectivity index (χ0) is 25.4. The molecule has 4 aromatic rings. The van der Waals surface area contributed by atoms with E-state index in [9.17, 15) is 9.90 Å². The minimum atomic E-state index is -0.424. The van der Waals surface area contributed by atoms with E-state index >= 15 is 4.39 Å². The van der Waals surface area contributed by atoms with Gasteiger partial charge in [0, 0.05) is 37.0 Å². The zero-order valence-electron chi connectivity index (χ0n) is 20.6. The molecule has 0 aliphatic carbocycles. The Kier molecular flexibility index (Phi) is 6.32. The molecule has 0 bridgehead atoms. The van der Waals surface area contributed by atoms with E-state index < -0.39 is 5.82 Å². The number of fused-ring (bicyclic) bond motifs is 1. The molecule has 2 aromatic heterocycles. The van der Waals surface area contributed by atoms with E-state index in [1.807, 2.05) is 43.0 Å². The second kappa shape index (κ2) is 9.58. The molecule has 0 fully saturated rings. The summed E-state index contributed by atoms with van der Waals surface area (Å²) in [6.07, 6.45) is 4.91. The van der Waals surface area contributed by atoms with Gasteiger partial charge in [-0.15, -0.1) is 0 Å². The summed E-state index contributed by atoms with van der Waals surface area (Å²) >= 11 is 0. The number of amides is 1. The maximum atomic E-state index is 15.6. The molecular formula is C27H29FN6O2. The Bertz CT molecular complexity index is 1470. The fourth-order valence-electron chi connectivity index (χ4n) is 4.60. The van der Waals surface area contributed by atoms with Crippen LogP contribution in [0.1, 0.15) is 24.6 Å². The molecule has 186 valence electrons. The maximum Gasteiger partial charge on any atom is 0.224 e. The van der Waals surface area contributed by atoms with E-state index in [0.717, 1.165) is 28.9 Å². The third-order valence-corrected chi connectivity index (χ3v) is 6.63. The molecule has 1 aliphatic heterocycles. The van der Waals surface area contributed by atoms with Crippen LogP contribution in [0.15, 0.2) is 42.6 Å². The second-order valence-electron chi connectivity index (χ2n) is 9.32. The third kappa shape index (κ3) is 4.37. The lowest BCUT2D eigenvalue weighted by molar-refractivity contribution is -0.130. The van der Waals surface area contributed by atoms with Gasteiger partial charge in [-0.3, -0.25) is 9.89 Å². The number of nitrogens with zero attached hydrogens (tertiary/aromatic N) is 4. The maximum absolute atomic E-state index is 15.6. The molecule has 3 N–H and O–H groups in total. The zero-order valence-corrected chi connectivity index (χ0v) is 20.6. The number of carbonyl (C=O) groups excluding carboxylic acids is 1. The van der Waals surface area contributed by atoms with Crippen LogP contribution in [0.5, 0.6) is 5.75 Å². The summed E-state index contributed by atoms with van der Waals surface area (Å²) in [5.41, 5.74) is 4.69. The predicted molar refractivity (Wildman–Crippen MR) is 138 cm³/mol. The quantitative estimate of drug-likeness (QED) is 0.362.